The van der Waals surface area contributed by atoms with Crippen molar-refractivity contribution in [1.82, 2.24) is 25.1 Å². The molecule has 0 radical (unpaired) electrons. The fourth-order valence-electron chi connectivity index (χ4n) is 3.57. The Morgan fingerprint density at radius 3 is 2.88 bits per heavy atom. The third-order valence-electron chi connectivity index (χ3n) is 5.03. The molecule has 0 bridgehead atoms. The summed E-state index contributed by atoms with van der Waals surface area (Å²) in [6.07, 6.45) is 4.76. The smallest absolute Gasteiger partial charge is 0.186 e. The van der Waals surface area contributed by atoms with Crippen LogP contribution in [0, 0.1) is 12.7 Å². The van der Waals surface area contributed by atoms with Crippen LogP contribution in [0.25, 0.3) is 11.1 Å². The van der Waals surface area contributed by atoms with Crippen molar-refractivity contribution in [1.29, 1.82) is 0 Å². The first-order valence-electron chi connectivity index (χ1n) is 9.88. The molecule has 0 aliphatic carbocycles. The van der Waals surface area contributed by atoms with Crippen LogP contribution >= 0.6 is 0 Å². The fraction of sp³-hybridized carbons (Fsp3) is 0.238. The summed E-state index contributed by atoms with van der Waals surface area (Å²) in [4.78, 5) is 6.14. The highest BCUT2D eigenvalue weighted by Crippen LogP contribution is 2.34. The quantitative estimate of drug-likeness (QED) is 0.258. The number of aromatic nitrogens is 4. The van der Waals surface area contributed by atoms with Crippen LogP contribution in [-0.4, -0.2) is 50.6 Å². The number of hydrazine groups is 1. The van der Waals surface area contributed by atoms with E-state index in [0.717, 1.165) is 10.7 Å². The summed E-state index contributed by atoms with van der Waals surface area (Å²) in [5, 5.41) is 12.8. The summed E-state index contributed by atoms with van der Waals surface area (Å²) in [5.74, 6) is 5.73. The van der Waals surface area contributed by atoms with E-state index < -0.39 is 0 Å². The van der Waals surface area contributed by atoms with Gasteiger partial charge >= 0.3 is 0 Å². The molecule has 4 N–H and O–H groups in total. The molecule has 0 spiro atoms. The number of anilines is 1. The third kappa shape index (κ3) is 4.37. The lowest BCUT2D eigenvalue weighted by molar-refractivity contribution is 0.147. The molecule has 32 heavy (non-hydrogen) atoms. The van der Waals surface area contributed by atoms with Gasteiger partial charge in [0.05, 0.1) is 19.3 Å². The van der Waals surface area contributed by atoms with Crippen molar-refractivity contribution in [2.75, 3.05) is 18.5 Å². The van der Waals surface area contributed by atoms with Crippen LogP contribution in [0.5, 0.6) is 0 Å². The van der Waals surface area contributed by atoms with E-state index in [9.17, 15) is 0 Å². The zero-order valence-corrected chi connectivity index (χ0v) is 17.8. The molecule has 1 unspecified atom stereocenters. The zero-order chi connectivity index (χ0) is 22.8. The van der Waals surface area contributed by atoms with Crippen molar-refractivity contribution in [2.45, 2.75) is 19.6 Å². The van der Waals surface area contributed by atoms with Crippen LogP contribution in [0.3, 0.4) is 0 Å². The highest BCUT2D eigenvalue weighted by Gasteiger charge is 2.30. The van der Waals surface area contributed by atoms with E-state index in [4.69, 9.17) is 16.3 Å². The summed E-state index contributed by atoms with van der Waals surface area (Å²) < 4.78 is 22.7. The number of hydrogen-bond donors (Lipinski definition) is 2. The first kappa shape index (κ1) is 21.2. The van der Waals surface area contributed by atoms with Crippen molar-refractivity contribution >= 4 is 11.5 Å². The van der Waals surface area contributed by atoms with E-state index in [0.29, 0.717) is 41.5 Å². The summed E-state index contributed by atoms with van der Waals surface area (Å²) in [6.45, 7) is 6.95. The molecule has 1 aromatic carbocycles. The van der Waals surface area contributed by atoms with E-state index >= 15 is 4.39 Å². The molecule has 10 nitrogen and oxygen atoms in total. The van der Waals surface area contributed by atoms with Crippen LogP contribution in [-0.2, 0) is 11.3 Å². The standard InChI is InChI=1S/C21H24FN9O/c1-13-8-17(15-4-5-19(25-10-15)21(23)27-29(3)24)18(22)9-20(13)31-12-16(32-14(31)2)11-30-7-6-26-28-30/h4-10,16H,2,11-12,24H2,1,3H3,(H2,23,27). The number of hydrogen-bond acceptors (Lipinski definition) is 8. The van der Waals surface area contributed by atoms with Gasteiger partial charge < -0.3 is 15.4 Å². The number of nitrogens with two attached hydrogens (primary N) is 2. The lowest BCUT2D eigenvalue weighted by Gasteiger charge is -2.20. The SMILES string of the molecule is C=C1OC(Cn2ccnn2)CN1c1cc(F)c(-c2ccc(/C(N)=N/N(C)N)nc2)cc1C. The fourth-order valence-corrected chi connectivity index (χ4v) is 3.57. The van der Waals surface area contributed by atoms with Crippen molar-refractivity contribution < 1.29 is 9.13 Å². The van der Waals surface area contributed by atoms with Crippen LogP contribution in [0.4, 0.5) is 10.1 Å². The van der Waals surface area contributed by atoms with Gasteiger partial charge in [0.1, 0.15) is 17.6 Å². The number of hydrazone groups is 1. The molecule has 1 atom stereocenters. The van der Waals surface area contributed by atoms with E-state index in [1.54, 1.807) is 48.5 Å². The van der Waals surface area contributed by atoms with Gasteiger partial charge in [-0.1, -0.05) is 11.3 Å². The van der Waals surface area contributed by atoms with E-state index in [1.807, 2.05) is 11.8 Å². The Balaban J connectivity index is 1.55. The first-order chi connectivity index (χ1) is 15.3. The summed E-state index contributed by atoms with van der Waals surface area (Å²) in [5.41, 5.74) is 8.93. The molecule has 0 saturated carbocycles. The Morgan fingerprint density at radius 1 is 1.41 bits per heavy atom. The Bertz CT molecular complexity index is 1140. The van der Waals surface area contributed by atoms with Crippen molar-refractivity contribution in [3.05, 3.63) is 72.4 Å². The van der Waals surface area contributed by atoms with Gasteiger partial charge in [0.25, 0.3) is 0 Å². The van der Waals surface area contributed by atoms with Gasteiger partial charge in [-0.25, -0.2) is 20.0 Å². The minimum Gasteiger partial charge on any atom is -0.472 e. The molecule has 0 amide bonds. The van der Waals surface area contributed by atoms with Gasteiger partial charge in [-0.05, 0) is 37.3 Å². The van der Waals surface area contributed by atoms with Gasteiger partial charge in [-0.15, -0.1) is 10.2 Å². The average molecular weight is 437 g/mol. The Kier molecular flexibility index (Phi) is 5.73. The average Bonchev–Trinajstić information content (AvgIpc) is 3.39. The monoisotopic (exact) mass is 437 g/mol. The lowest BCUT2D eigenvalue weighted by Crippen LogP contribution is -2.26. The minimum atomic E-state index is -0.379. The normalized spacial score (nSPS) is 16.4. The maximum Gasteiger partial charge on any atom is 0.186 e. The topological polar surface area (TPSA) is 124 Å². The Labute approximate surface area is 184 Å². The highest BCUT2D eigenvalue weighted by atomic mass is 19.1. The second kappa shape index (κ2) is 8.63. The maximum absolute atomic E-state index is 15.1. The molecular formula is C21H24FN9O. The molecule has 1 aliphatic heterocycles. The van der Waals surface area contributed by atoms with Gasteiger partial charge in [-0.3, -0.25) is 4.98 Å². The van der Waals surface area contributed by atoms with Gasteiger partial charge in [0.2, 0.25) is 0 Å². The second-order valence-corrected chi connectivity index (χ2v) is 7.48. The molecule has 2 aromatic heterocycles. The molecule has 1 saturated heterocycles. The molecule has 3 aromatic rings. The number of pyridine rings is 1. The molecule has 1 aliphatic rings. The van der Waals surface area contributed by atoms with Crippen LogP contribution in [0.1, 0.15) is 11.3 Å². The third-order valence-corrected chi connectivity index (χ3v) is 5.03. The van der Waals surface area contributed by atoms with Crippen molar-refractivity contribution in [2.24, 2.45) is 16.7 Å². The summed E-state index contributed by atoms with van der Waals surface area (Å²) in [7, 11) is 1.55. The Hall–Kier alpha value is -3.99. The van der Waals surface area contributed by atoms with Crippen molar-refractivity contribution in [3.8, 4) is 11.1 Å². The largest absolute Gasteiger partial charge is 0.472 e. The maximum atomic E-state index is 15.1. The predicted octanol–water partition coefficient (Wildman–Crippen LogP) is 1.59. The molecule has 1 fully saturated rings. The number of nitrogens with zero attached hydrogens (tertiary/aromatic N) is 7. The molecular weight excluding hydrogens is 413 g/mol. The van der Waals surface area contributed by atoms with Crippen LogP contribution in [0.2, 0.25) is 0 Å². The molecule has 3 heterocycles. The number of rotatable bonds is 6. The Morgan fingerprint density at radius 2 is 2.22 bits per heavy atom. The summed E-state index contributed by atoms with van der Waals surface area (Å²) >= 11 is 0. The number of halogens is 1. The number of amidine groups is 1. The van der Waals surface area contributed by atoms with Gasteiger partial charge in [0.15, 0.2) is 11.7 Å². The highest BCUT2D eigenvalue weighted by molar-refractivity contribution is 5.95. The first-order valence-corrected chi connectivity index (χ1v) is 9.88. The lowest BCUT2D eigenvalue weighted by atomic mass is 10.0. The van der Waals surface area contributed by atoms with Crippen LogP contribution in [0.15, 0.2) is 60.4 Å². The predicted molar refractivity (Wildman–Crippen MR) is 118 cm³/mol. The van der Waals surface area contributed by atoms with Crippen molar-refractivity contribution in [3.63, 3.8) is 0 Å². The van der Waals surface area contributed by atoms with Gasteiger partial charge in [-0.2, -0.15) is 0 Å². The van der Waals surface area contributed by atoms with E-state index in [2.05, 4.69) is 27.0 Å². The minimum absolute atomic E-state index is 0.164. The van der Waals surface area contributed by atoms with Gasteiger partial charge in [0, 0.05) is 36.3 Å². The number of aryl methyl sites for hydroxylation is 1. The van der Waals surface area contributed by atoms with E-state index in [-0.39, 0.29) is 17.8 Å². The number of ether oxygens (including phenoxy) is 1. The zero-order valence-electron chi connectivity index (χ0n) is 17.8. The second-order valence-electron chi connectivity index (χ2n) is 7.48. The van der Waals surface area contributed by atoms with Crippen LogP contribution < -0.4 is 16.5 Å². The molecule has 4 rings (SSSR count). The number of benzene rings is 1. The van der Waals surface area contributed by atoms with E-state index in [1.165, 1.54) is 6.07 Å². The molecule has 11 heteroatoms. The molecule has 166 valence electrons. The summed E-state index contributed by atoms with van der Waals surface area (Å²) in [6, 6.07) is 6.69.